The molecule has 0 atom stereocenters. The van der Waals surface area contributed by atoms with Crippen molar-refractivity contribution in [2.24, 2.45) is 0 Å². The lowest BCUT2D eigenvalue weighted by atomic mass is 10.2. The molecule has 21 heavy (non-hydrogen) atoms. The number of para-hydroxylation sites is 2. The molecule has 0 fully saturated rings. The van der Waals surface area contributed by atoms with Gasteiger partial charge in [-0.1, -0.05) is 19.1 Å². The number of likely N-dealkylation sites (N-methyl/N-ethyl adjacent to an activating group) is 1. The fraction of sp³-hybridized carbons (Fsp3) is 0.385. The molecule has 0 radical (unpaired) electrons. The Bertz CT molecular complexity index is 532. The Morgan fingerprint density at radius 3 is 2.57 bits per heavy atom. The van der Waals surface area contributed by atoms with Crippen molar-refractivity contribution >= 4 is 23.3 Å². The van der Waals surface area contributed by atoms with E-state index in [1.807, 2.05) is 0 Å². The number of hydrogen-bond donors (Lipinski definition) is 1. The maximum absolute atomic E-state index is 11.9. The molecular formula is C13H17N3O5. The minimum Gasteiger partial charge on any atom is -0.468 e. The lowest BCUT2D eigenvalue weighted by Gasteiger charge is -2.18. The average molecular weight is 295 g/mol. The van der Waals surface area contributed by atoms with E-state index < -0.39 is 16.8 Å². The van der Waals surface area contributed by atoms with Gasteiger partial charge in [0.1, 0.15) is 5.69 Å². The molecule has 0 bridgehead atoms. The van der Waals surface area contributed by atoms with Gasteiger partial charge in [-0.15, -0.1) is 0 Å². The second kappa shape index (κ2) is 7.95. The molecule has 0 heterocycles. The zero-order chi connectivity index (χ0) is 15.8. The number of benzene rings is 1. The number of nitrogens with zero attached hydrogens (tertiary/aromatic N) is 2. The van der Waals surface area contributed by atoms with Gasteiger partial charge in [-0.2, -0.15) is 0 Å². The summed E-state index contributed by atoms with van der Waals surface area (Å²) in [6.45, 7) is 2.19. The minimum absolute atomic E-state index is 0.0166. The number of nitro benzene ring substituents is 1. The van der Waals surface area contributed by atoms with Crippen molar-refractivity contribution in [2.75, 3.05) is 32.1 Å². The van der Waals surface area contributed by atoms with Crippen molar-refractivity contribution in [3.05, 3.63) is 34.4 Å². The molecule has 0 unspecified atom stereocenters. The molecule has 8 nitrogen and oxygen atoms in total. The molecular weight excluding hydrogens is 278 g/mol. The van der Waals surface area contributed by atoms with Crippen molar-refractivity contribution in [1.29, 1.82) is 0 Å². The fourth-order valence-corrected chi connectivity index (χ4v) is 1.66. The summed E-state index contributed by atoms with van der Waals surface area (Å²) in [5, 5.41) is 13.3. The molecule has 1 rings (SSSR count). The number of ether oxygens (including phenoxy) is 1. The average Bonchev–Trinajstić information content (AvgIpc) is 2.46. The summed E-state index contributed by atoms with van der Waals surface area (Å²) in [4.78, 5) is 34.9. The van der Waals surface area contributed by atoms with Gasteiger partial charge in [0.05, 0.1) is 25.1 Å². The van der Waals surface area contributed by atoms with Crippen LogP contribution in [-0.4, -0.2) is 48.4 Å². The second-order valence-corrected chi connectivity index (χ2v) is 4.20. The monoisotopic (exact) mass is 295 g/mol. The van der Waals surface area contributed by atoms with E-state index >= 15 is 0 Å². The van der Waals surface area contributed by atoms with E-state index in [1.165, 1.54) is 25.3 Å². The highest BCUT2D eigenvalue weighted by molar-refractivity contribution is 5.94. The molecule has 0 aliphatic rings. The molecule has 0 aromatic heterocycles. The summed E-state index contributed by atoms with van der Waals surface area (Å²) in [5.41, 5.74) is -0.0523. The Kier molecular flexibility index (Phi) is 6.28. The van der Waals surface area contributed by atoms with Crippen molar-refractivity contribution in [3.8, 4) is 0 Å². The van der Waals surface area contributed by atoms with Crippen LogP contribution in [0.2, 0.25) is 0 Å². The Labute approximate surface area is 121 Å². The first kappa shape index (κ1) is 16.6. The van der Waals surface area contributed by atoms with Crippen LogP contribution in [0.5, 0.6) is 0 Å². The van der Waals surface area contributed by atoms with Crippen LogP contribution in [0.3, 0.4) is 0 Å². The summed E-state index contributed by atoms with van der Waals surface area (Å²) in [5.74, 6) is -0.884. The number of amides is 1. The molecule has 8 heteroatoms. The van der Waals surface area contributed by atoms with E-state index in [9.17, 15) is 19.7 Å². The topological polar surface area (TPSA) is 102 Å². The van der Waals surface area contributed by atoms with Crippen LogP contribution in [0.15, 0.2) is 24.3 Å². The van der Waals surface area contributed by atoms with Crippen LogP contribution < -0.4 is 5.32 Å². The normalized spacial score (nSPS) is 10.2. The summed E-state index contributed by atoms with van der Waals surface area (Å²) in [6, 6.07) is 5.87. The molecule has 0 spiro atoms. The van der Waals surface area contributed by atoms with Gasteiger partial charge in [-0.05, 0) is 12.6 Å². The van der Waals surface area contributed by atoms with Crippen LogP contribution in [0.4, 0.5) is 11.4 Å². The van der Waals surface area contributed by atoms with E-state index in [1.54, 1.807) is 17.9 Å². The van der Waals surface area contributed by atoms with Crippen molar-refractivity contribution < 1.29 is 19.2 Å². The van der Waals surface area contributed by atoms with Crippen molar-refractivity contribution in [1.82, 2.24) is 4.90 Å². The number of methoxy groups -OCH3 is 1. The van der Waals surface area contributed by atoms with Crippen LogP contribution in [0.25, 0.3) is 0 Å². The van der Waals surface area contributed by atoms with Gasteiger partial charge >= 0.3 is 5.97 Å². The van der Waals surface area contributed by atoms with E-state index in [2.05, 4.69) is 10.1 Å². The van der Waals surface area contributed by atoms with Gasteiger partial charge in [0, 0.05) is 6.07 Å². The van der Waals surface area contributed by atoms with Crippen LogP contribution >= 0.6 is 0 Å². The first-order valence-electron chi connectivity index (χ1n) is 6.30. The lowest BCUT2D eigenvalue weighted by Crippen LogP contribution is -2.37. The van der Waals surface area contributed by atoms with E-state index in [4.69, 9.17) is 0 Å². The predicted molar refractivity (Wildman–Crippen MR) is 75.9 cm³/mol. The van der Waals surface area contributed by atoms with E-state index in [0.29, 0.717) is 6.54 Å². The van der Waals surface area contributed by atoms with Gasteiger partial charge in [0.25, 0.3) is 5.69 Å². The first-order chi connectivity index (χ1) is 9.97. The maximum atomic E-state index is 11.9. The molecule has 1 amide bonds. The largest absolute Gasteiger partial charge is 0.468 e. The summed E-state index contributed by atoms with van der Waals surface area (Å²) in [7, 11) is 1.27. The van der Waals surface area contributed by atoms with E-state index in [-0.39, 0.29) is 24.5 Å². The Balaban J connectivity index is 2.69. The number of hydrogen-bond acceptors (Lipinski definition) is 6. The van der Waals surface area contributed by atoms with Gasteiger partial charge in [0.2, 0.25) is 5.91 Å². The number of nitrogens with one attached hydrogen (secondary N) is 1. The first-order valence-corrected chi connectivity index (χ1v) is 6.30. The number of anilines is 1. The zero-order valence-electron chi connectivity index (χ0n) is 11.9. The number of esters is 1. The molecule has 1 aromatic carbocycles. The van der Waals surface area contributed by atoms with Gasteiger partial charge in [0.15, 0.2) is 0 Å². The standard InChI is InChI=1S/C13H17N3O5/c1-3-15(9-13(18)21-2)8-12(17)14-10-6-4-5-7-11(10)16(19)20/h4-7H,3,8-9H2,1-2H3,(H,14,17). The maximum Gasteiger partial charge on any atom is 0.319 e. The molecule has 1 N–H and O–H groups in total. The fourth-order valence-electron chi connectivity index (χ4n) is 1.66. The number of rotatable bonds is 7. The smallest absolute Gasteiger partial charge is 0.319 e. The Morgan fingerprint density at radius 2 is 2.00 bits per heavy atom. The van der Waals surface area contributed by atoms with Crippen LogP contribution in [-0.2, 0) is 14.3 Å². The van der Waals surface area contributed by atoms with Crippen LogP contribution in [0, 0.1) is 10.1 Å². The number of nitro groups is 1. The summed E-state index contributed by atoms with van der Waals surface area (Å²) >= 11 is 0. The third-order valence-corrected chi connectivity index (χ3v) is 2.77. The minimum atomic E-state index is -0.568. The third kappa shape index (κ3) is 5.19. The number of carbonyl (C=O) groups is 2. The van der Waals surface area contributed by atoms with Gasteiger partial charge < -0.3 is 10.1 Å². The summed E-state index contributed by atoms with van der Waals surface area (Å²) < 4.78 is 4.53. The number of carbonyl (C=O) groups excluding carboxylic acids is 2. The Hall–Kier alpha value is -2.48. The van der Waals surface area contributed by atoms with Crippen molar-refractivity contribution in [2.45, 2.75) is 6.92 Å². The molecule has 0 saturated carbocycles. The van der Waals surface area contributed by atoms with Gasteiger partial charge in [-0.25, -0.2) is 0 Å². The molecule has 0 saturated heterocycles. The molecule has 0 aliphatic heterocycles. The zero-order valence-corrected chi connectivity index (χ0v) is 11.9. The highest BCUT2D eigenvalue weighted by atomic mass is 16.6. The molecule has 1 aromatic rings. The quantitative estimate of drug-likeness (QED) is 0.458. The second-order valence-electron chi connectivity index (χ2n) is 4.20. The summed E-state index contributed by atoms with van der Waals surface area (Å²) in [6.07, 6.45) is 0. The molecule has 114 valence electrons. The molecule has 0 aliphatic carbocycles. The highest BCUT2D eigenvalue weighted by Gasteiger charge is 2.17. The third-order valence-electron chi connectivity index (χ3n) is 2.77. The lowest BCUT2D eigenvalue weighted by molar-refractivity contribution is -0.383. The SMILES string of the molecule is CCN(CC(=O)Nc1ccccc1[N+](=O)[O-])CC(=O)OC. The predicted octanol–water partition coefficient (Wildman–Crippen LogP) is 1.03. The highest BCUT2D eigenvalue weighted by Crippen LogP contribution is 2.22. The van der Waals surface area contributed by atoms with Gasteiger partial charge in [-0.3, -0.25) is 24.6 Å². The van der Waals surface area contributed by atoms with Crippen LogP contribution in [0.1, 0.15) is 6.92 Å². The Morgan fingerprint density at radius 1 is 1.33 bits per heavy atom. The van der Waals surface area contributed by atoms with E-state index in [0.717, 1.165) is 0 Å². The van der Waals surface area contributed by atoms with Crippen molar-refractivity contribution in [3.63, 3.8) is 0 Å².